The molecule has 2 aromatic heterocycles. The highest BCUT2D eigenvalue weighted by Gasteiger charge is 2.50. The zero-order valence-electron chi connectivity index (χ0n) is 29.9. The number of carbonyl (C=O) groups is 3. The van der Waals surface area contributed by atoms with Gasteiger partial charge in [-0.1, -0.05) is 31.7 Å². The van der Waals surface area contributed by atoms with E-state index in [4.69, 9.17) is 19.5 Å². The number of nitrogen functional groups attached to an aromatic ring is 1. The van der Waals surface area contributed by atoms with Crippen molar-refractivity contribution in [3.05, 3.63) is 30.7 Å². The number of thioether (sulfide) groups is 1. The summed E-state index contributed by atoms with van der Waals surface area (Å²) in [7, 11) is -16.4. The molecule has 7 atom stereocenters. The van der Waals surface area contributed by atoms with Crippen LogP contribution in [0.25, 0.3) is 11.2 Å². The Morgan fingerprint density at radius 3 is 2.46 bits per heavy atom. The Hall–Kier alpha value is -2.70. The van der Waals surface area contributed by atoms with Gasteiger partial charge >= 0.3 is 23.5 Å². The minimum absolute atomic E-state index is 0.0311. The Morgan fingerprint density at radius 2 is 1.79 bits per heavy atom. The number of nitrogens with one attached hydrogen (secondary N) is 2. The molecule has 313 valence electrons. The number of hydrogen-bond donors (Lipinski definition) is 9. The molecule has 3 heterocycles. The van der Waals surface area contributed by atoms with E-state index in [1.807, 2.05) is 6.08 Å². The fourth-order valence-corrected chi connectivity index (χ4v) is 8.37. The van der Waals surface area contributed by atoms with Crippen LogP contribution >= 0.6 is 35.2 Å². The Labute approximate surface area is 323 Å². The summed E-state index contributed by atoms with van der Waals surface area (Å²) < 4.78 is 62.1. The molecule has 3 unspecified atom stereocenters. The third kappa shape index (κ3) is 14.0. The number of nitrogens with two attached hydrogens (primary N) is 1. The summed E-state index contributed by atoms with van der Waals surface area (Å²) in [5, 5.41) is 26.2. The topological polar surface area (TPSA) is 364 Å². The number of nitrogens with zero attached hydrogens (tertiary/aromatic N) is 4. The first kappa shape index (κ1) is 46.0. The van der Waals surface area contributed by atoms with E-state index in [9.17, 15) is 57.9 Å². The van der Waals surface area contributed by atoms with Gasteiger partial charge in [0.15, 0.2) is 17.7 Å². The summed E-state index contributed by atoms with van der Waals surface area (Å²) >= 11 is 1.05. The monoisotopic (exact) mass is 874 g/mol. The lowest BCUT2D eigenvalue weighted by atomic mass is 9.87. The van der Waals surface area contributed by atoms with Crippen LogP contribution in [0.5, 0.6) is 0 Å². The lowest BCUT2D eigenvalue weighted by Gasteiger charge is -2.30. The Bertz CT molecular complexity index is 1890. The third-order valence-corrected chi connectivity index (χ3v) is 11.9. The number of ether oxygens (including phenoxy) is 1. The quantitative estimate of drug-likeness (QED) is 0.0426. The number of phosphoric acid groups is 3. The number of imidazole rings is 1. The van der Waals surface area contributed by atoms with Gasteiger partial charge in [0.1, 0.15) is 36.3 Å². The van der Waals surface area contributed by atoms with Gasteiger partial charge < -0.3 is 50.9 Å². The first-order chi connectivity index (χ1) is 26.1. The van der Waals surface area contributed by atoms with Gasteiger partial charge in [-0.05, 0) is 31.3 Å². The fraction of sp³-hybridized carbons (Fsp3) is 0.607. The van der Waals surface area contributed by atoms with E-state index in [0.717, 1.165) is 48.2 Å². The molecule has 0 bridgehead atoms. The predicted octanol–water partition coefficient (Wildman–Crippen LogP) is -0.0207. The van der Waals surface area contributed by atoms with Crippen LogP contribution in [-0.2, 0) is 50.7 Å². The molecule has 2 aromatic rings. The van der Waals surface area contributed by atoms with Crippen LogP contribution in [0.4, 0.5) is 5.82 Å². The normalized spacial score (nSPS) is 23.1. The molecule has 4 rings (SSSR count). The summed E-state index contributed by atoms with van der Waals surface area (Å²) in [4.78, 5) is 87.4. The number of amides is 2. The Balaban J connectivity index is 1.22. The van der Waals surface area contributed by atoms with Gasteiger partial charge in [-0.2, -0.15) is 4.31 Å². The van der Waals surface area contributed by atoms with Crippen LogP contribution in [0, 0.1) is 11.3 Å². The zero-order valence-corrected chi connectivity index (χ0v) is 33.3. The highest BCUT2D eigenvalue weighted by molar-refractivity contribution is 8.14. The SMILES string of the molecule is CC(C)(COP(=O)(O)OP(=O)(O)OC[C@H]1O[C@@H](n2cnc3c(N)ncnc32)[C@H](O)[C@@H]1OP(=O)(O)O)C(O)C(=O)NCCC(=O)NCCSC(=O)/C=C/C[C]1CC1. The number of allylic oxidation sites excluding steroid dienone is 1. The van der Waals surface area contributed by atoms with Crippen molar-refractivity contribution in [3.63, 3.8) is 0 Å². The van der Waals surface area contributed by atoms with E-state index in [0.29, 0.717) is 5.75 Å². The maximum Gasteiger partial charge on any atom is 0.481 e. The van der Waals surface area contributed by atoms with Gasteiger partial charge in [-0.25, -0.2) is 28.6 Å². The van der Waals surface area contributed by atoms with Crippen molar-refractivity contribution in [1.82, 2.24) is 30.2 Å². The minimum atomic E-state index is -5.57. The van der Waals surface area contributed by atoms with Crippen LogP contribution in [-0.4, -0.2) is 123 Å². The molecule has 56 heavy (non-hydrogen) atoms. The minimum Gasteiger partial charge on any atom is -0.386 e. The standard InChI is InChI=1S/C28H43N7O17P3S/c1-28(2,23(39)26(40)31-9-8-18(36)30-10-11-56-19(37)5-3-4-16-6-7-16)13-49-55(46,47)52-54(44,45)48-12-17-22(51-53(41,42)43)21(38)27(50-17)35-15-34-20-24(29)32-14-33-25(20)35/h3,5,14-15,17,21-23,27,38-39H,4,6-13H2,1-2H3,(H,30,36)(H,31,40)(H,44,45)(H,46,47)(H2,29,32,33)(H2,41,42,43)/b5-3+/t17-,21-,22-,23?,27-/m1/s1. The van der Waals surface area contributed by atoms with Crippen molar-refractivity contribution in [1.29, 1.82) is 0 Å². The number of aromatic nitrogens is 4. The van der Waals surface area contributed by atoms with Crippen molar-refractivity contribution in [2.75, 3.05) is 37.8 Å². The molecule has 1 aliphatic carbocycles. The lowest BCUT2D eigenvalue weighted by molar-refractivity contribution is -0.137. The average molecular weight is 875 g/mol. The Morgan fingerprint density at radius 1 is 1.09 bits per heavy atom. The molecule has 2 amide bonds. The molecule has 10 N–H and O–H groups in total. The predicted molar refractivity (Wildman–Crippen MR) is 193 cm³/mol. The zero-order chi connectivity index (χ0) is 41.5. The maximum absolute atomic E-state index is 12.7. The molecule has 1 saturated carbocycles. The van der Waals surface area contributed by atoms with E-state index in [1.54, 1.807) is 0 Å². The molecule has 1 aliphatic heterocycles. The molecule has 1 saturated heterocycles. The molecule has 0 spiro atoms. The van der Waals surface area contributed by atoms with E-state index < -0.39 is 84.6 Å². The molecular formula is C28H43N7O17P3S. The average Bonchev–Trinajstić information content (AvgIpc) is 3.75. The number of carbonyl (C=O) groups excluding carboxylic acids is 3. The third-order valence-electron chi connectivity index (χ3n) is 8.01. The van der Waals surface area contributed by atoms with E-state index >= 15 is 0 Å². The molecule has 28 heteroatoms. The number of anilines is 1. The Kier molecular flexibility index (Phi) is 15.9. The number of phosphoric ester groups is 3. The van der Waals surface area contributed by atoms with Crippen LogP contribution < -0.4 is 16.4 Å². The van der Waals surface area contributed by atoms with Gasteiger partial charge in [0.05, 0.1) is 19.5 Å². The number of aliphatic hydroxyl groups is 2. The van der Waals surface area contributed by atoms with E-state index in [2.05, 4.69) is 34.4 Å². The van der Waals surface area contributed by atoms with Crippen LogP contribution in [0.3, 0.4) is 0 Å². The van der Waals surface area contributed by atoms with Crippen molar-refractivity contribution in [2.45, 2.75) is 70.2 Å². The first-order valence-corrected chi connectivity index (χ1v) is 22.1. The number of aliphatic hydroxyl groups excluding tert-OH is 2. The summed E-state index contributed by atoms with van der Waals surface area (Å²) in [6, 6.07) is 0. The number of rotatable bonds is 22. The maximum atomic E-state index is 12.7. The lowest BCUT2D eigenvalue weighted by Crippen LogP contribution is -2.46. The number of fused-ring (bicyclic) bond motifs is 1. The summed E-state index contributed by atoms with van der Waals surface area (Å²) in [5.74, 6) is 0.295. The second kappa shape index (κ2) is 19.4. The molecular weight excluding hydrogens is 831 g/mol. The highest BCUT2D eigenvalue weighted by atomic mass is 32.2. The molecule has 2 aliphatic rings. The molecule has 24 nitrogen and oxygen atoms in total. The van der Waals surface area contributed by atoms with Crippen molar-refractivity contribution in [2.24, 2.45) is 5.41 Å². The second-order valence-electron chi connectivity index (χ2n) is 13.1. The summed E-state index contributed by atoms with van der Waals surface area (Å²) in [6.07, 6.45) is -0.592. The van der Waals surface area contributed by atoms with E-state index in [-0.39, 0.29) is 41.6 Å². The van der Waals surface area contributed by atoms with E-state index in [1.165, 1.54) is 25.8 Å². The summed E-state index contributed by atoms with van der Waals surface area (Å²) in [6.45, 7) is 0.504. The van der Waals surface area contributed by atoms with Crippen LogP contribution in [0.2, 0.25) is 0 Å². The smallest absolute Gasteiger partial charge is 0.386 e. The van der Waals surface area contributed by atoms with Crippen LogP contribution in [0.1, 0.15) is 45.8 Å². The first-order valence-electron chi connectivity index (χ1n) is 16.6. The molecule has 2 fully saturated rings. The van der Waals surface area contributed by atoms with Crippen molar-refractivity contribution < 1.29 is 80.5 Å². The van der Waals surface area contributed by atoms with Gasteiger partial charge in [0, 0.05) is 30.7 Å². The summed E-state index contributed by atoms with van der Waals surface area (Å²) in [5.41, 5.74) is 4.26. The number of hydrogen-bond acceptors (Lipinski definition) is 18. The van der Waals surface area contributed by atoms with Crippen LogP contribution in [0.15, 0.2) is 24.8 Å². The van der Waals surface area contributed by atoms with Gasteiger partial charge in [-0.3, -0.25) is 32.5 Å². The van der Waals surface area contributed by atoms with Crippen molar-refractivity contribution >= 4 is 69.1 Å². The molecule has 0 aromatic carbocycles. The van der Waals surface area contributed by atoms with Gasteiger partial charge in [-0.15, -0.1) is 0 Å². The van der Waals surface area contributed by atoms with Gasteiger partial charge in [0.2, 0.25) is 16.9 Å². The molecule has 1 radical (unpaired) electrons. The van der Waals surface area contributed by atoms with Crippen molar-refractivity contribution in [3.8, 4) is 0 Å². The second-order valence-corrected chi connectivity index (χ2v) is 18.4. The highest BCUT2D eigenvalue weighted by Crippen LogP contribution is 2.61. The largest absolute Gasteiger partial charge is 0.481 e. The van der Waals surface area contributed by atoms with Gasteiger partial charge in [0.25, 0.3) is 0 Å². The fourth-order valence-electron chi connectivity index (χ4n) is 4.94.